The van der Waals surface area contributed by atoms with E-state index < -0.39 is 35.4 Å². The molecule has 33 heavy (non-hydrogen) atoms. The average Bonchev–Trinajstić information content (AvgIpc) is 2.74. The van der Waals surface area contributed by atoms with Crippen LogP contribution in [0.4, 0.5) is 36.8 Å². The van der Waals surface area contributed by atoms with Gasteiger partial charge >= 0.3 is 18.4 Å². The first-order chi connectivity index (χ1) is 15.4. The molecular weight excluding hydrogens is 478 g/mol. The number of ether oxygens (including phenoxy) is 1. The summed E-state index contributed by atoms with van der Waals surface area (Å²) < 4.78 is 104. The number of thiol groups is 1. The molecule has 1 amide bonds. The van der Waals surface area contributed by atoms with Crippen molar-refractivity contribution >= 4 is 33.4 Å². The van der Waals surface area contributed by atoms with Crippen molar-refractivity contribution in [3.63, 3.8) is 0 Å². The monoisotopic (exact) mass is 498 g/mol. The number of fused-ring (bicyclic) bond motifs is 1. The Morgan fingerprint density at radius 3 is 2.12 bits per heavy atom. The van der Waals surface area contributed by atoms with Crippen molar-refractivity contribution in [2.45, 2.75) is 31.3 Å². The van der Waals surface area contributed by atoms with E-state index in [2.05, 4.69) is 4.74 Å². The molecule has 0 spiro atoms. The van der Waals surface area contributed by atoms with E-state index >= 15 is 0 Å². The highest BCUT2D eigenvalue weighted by molar-refractivity contribution is 7.74. The molecule has 182 valence electrons. The molecule has 1 heterocycles. The molecule has 1 saturated heterocycles. The minimum Gasteiger partial charge on any atom is -0.426 e. The van der Waals surface area contributed by atoms with Crippen LogP contribution in [0.25, 0.3) is 10.8 Å². The van der Waals surface area contributed by atoms with E-state index in [4.69, 9.17) is 0 Å². The number of carbonyl (C=O) groups excluding carboxylic acids is 1. The van der Waals surface area contributed by atoms with E-state index in [0.29, 0.717) is 5.69 Å². The number of benzene rings is 2. The average molecular weight is 498 g/mol. The Labute approximate surface area is 186 Å². The molecule has 0 N–H and O–H groups in total. The molecule has 2 aromatic rings. The Balaban J connectivity index is 1.62. The first-order valence-corrected chi connectivity index (χ1v) is 11.0. The number of rotatable bonds is 5. The predicted octanol–water partition coefficient (Wildman–Crippen LogP) is 4.51. The molecule has 3 rings (SSSR count). The normalized spacial score (nSPS) is 15.9. The Morgan fingerprint density at radius 1 is 1.00 bits per heavy atom. The minimum absolute atomic E-state index is 0.0632. The molecule has 0 aliphatic carbocycles. The number of hydrogen-bond donors (Lipinski definition) is 1. The second-order valence-corrected chi connectivity index (χ2v) is 8.59. The molecule has 0 atom stereocenters. The fourth-order valence-electron chi connectivity index (χ4n) is 3.64. The molecule has 0 unspecified atom stereocenters. The smallest absolute Gasteiger partial charge is 0.426 e. The van der Waals surface area contributed by atoms with Crippen molar-refractivity contribution < 1.29 is 44.3 Å². The molecule has 1 aliphatic rings. The SMILES string of the molecule is O=C(OC(C(F)(F)F)C(F)(F)F)N1CCC(CN(c2ccc3ccccc3c2)[SH](=O)=O)CC1. The van der Waals surface area contributed by atoms with E-state index in [1.165, 1.54) is 4.31 Å². The largest absolute Gasteiger partial charge is 0.434 e. The maximum Gasteiger partial charge on any atom is 0.434 e. The van der Waals surface area contributed by atoms with Gasteiger partial charge in [0, 0.05) is 19.6 Å². The summed E-state index contributed by atoms with van der Waals surface area (Å²) in [6, 6.07) is 12.5. The highest BCUT2D eigenvalue weighted by Crippen LogP contribution is 2.36. The molecule has 0 bridgehead atoms. The quantitative estimate of drug-likeness (QED) is 0.487. The van der Waals surface area contributed by atoms with Gasteiger partial charge in [-0.3, -0.25) is 4.31 Å². The van der Waals surface area contributed by atoms with Gasteiger partial charge in [0.2, 0.25) is 10.9 Å². The maximum absolute atomic E-state index is 12.6. The van der Waals surface area contributed by atoms with Crippen molar-refractivity contribution in [1.29, 1.82) is 0 Å². The summed E-state index contributed by atoms with van der Waals surface area (Å²) >= 11 is 0. The van der Waals surface area contributed by atoms with Crippen LogP contribution in [0.5, 0.6) is 0 Å². The third kappa shape index (κ3) is 6.21. The summed E-state index contributed by atoms with van der Waals surface area (Å²) in [4.78, 5) is 12.6. The topological polar surface area (TPSA) is 66.9 Å². The summed E-state index contributed by atoms with van der Waals surface area (Å²) in [5, 5.41) is 1.75. The third-order valence-corrected chi connectivity index (χ3v) is 6.13. The van der Waals surface area contributed by atoms with Crippen molar-refractivity contribution in [3.8, 4) is 0 Å². The number of halogens is 6. The number of carbonyl (C=O) groups is 1. The number of piperidine rings is 1. The first kappa shape index (κ1) is 24.9. The number of hydrogen-bond acceptors (Lipinski definition) is 4. The van der Waals surface area contributed by atoms with Gasteiger partial charge < -0.3 is 9.64 Å². The molecule has 6 nitrogen and oxygen atoms in total. The molecule has 13 heteroatoms. The Bertz CT molecular complexity index is 1040. The molecule has 0 radical (unpaired) electrons. The number of amides is 1. The lowest BCUT2D eigenvalue weighted by atomic mass is 9.97. The van der Waals surface area contributed by atoms with Crippen LogP contribution in [0.1, 0.15) is 12.8 Å². The number of alkyl halides is 6. The molecule has 2 aromatic carbocycles. The highest BCUT2D eigenvalue weighted by Gasteiger charge is 2.60. The first-order valence-electron chi connectivity index (χ1n) is 9.86. The second-order valence-electron chi connectivity index (χ2n) is 7.63. The van der Waals surface area contributed by atoms with Crippen LogP contribution in [0.15, 0.2) is 42.5 Å². The molecule has 0 saturated carbocycles. The van der Waals surface area contributed by atoms with Crippen LogP contribution in [0, 0.1) is 5.92 Å². The minimum atomic E-state index is -5.79. The van der Waals surface area contributed by atoms with Crippen LogP contribution in [-0.4, -0.2) is 57.5 Å². The number of anilines is 1. The van der Waals surface area contributed by atoms with Crippen molar-refractivity contribution in [2.75, 3.05) is 23.9 Å². The summed E-state index contributed by atoms with van der Waals surface area (Å²) in [5.74, 6) is -0.255. The fourth-order valence-corrected chi connectivity index (χ4v) is 4.32. The maximum atomic E-state index is 12.6. The van der Waals surface area contributed by atoms with E-state index in [1.54, 1.807) is 18.2 Å². The fraction of sp³-hybridized carbons (Fsp3) is 0.450. The van der Waals surface area contributed by atoms with Crippen molar-refractivity contribution in [3.05, 3.63) is 42.5 Å². The lowest BCUT2D eigenvalue weighted by Crippen LogP contribution is -2.49. The van der Waals surface area contributed by atoms with Crippen LogP contribution in [0.3, 0.4) is 0 Å². The summed E-state index contributed by atoms with van der Waals surface area (Å²) in [7, 11) is -3.00. The lowest BCUT2D eigenvalue weighted by molar-refractivity contribution is -0.308. The number of likely N-dealkylation sites (tertiary alicyclic amines) is 1. The predicted molar refractivity (Wildman–Crippen MR) is 108 cm³/mol. The molecule has 1 fully saturated rings. The van der Waals surface area contributed by atoms with Gasteiger partial charge in [-0.1, -0.05) is 30.3 Å². The van der Waals surface area contributed by atoms with Gasteiger partial charge in [-0.2, -0.15) is 26.3 Å². The van der Waals surface area contributed by atoms with Crippen LogP contribution in [-0.2, 0) is 15.6 Å². The van der Waals surface area contributed by atoms with Gasteiger partial charge in [-0.25, -0.2) is 13.2 Å². The third-order valence-electron chi connectivity index (χ3n) is 5.35. The zero-order valence-corrected chi connectivity index (χ0v) is 17.9. The molecule has 1 aliphatic heterocycles. The van der Waals surface area contributed by atoms with Gasteiger partial charge in [-0.15, -0.1) is 0 Å². The summed E-state index contributed by atoms with van der Waals surface area (Å²) in [6.07, 6.45) is -17.1. The van der Waals surface area contributed by atoms with Gasteiger partial charge in [0.05, 0.1) is 5.69 Å². The van der Waals surface area contributed by atoms with E-state index in [0.717, 1.165) is 15.7 Å². The number of nitrogens with zero attached hydrogens (tertiary/aromatic N) is 2. The van der Waals surface area contributed by atoms with E-state index in [9.17, 15) is 39.6 Å². The molecule has 0 aromatic heterocycles. The van der Waals surface area contributed by atoms with E-state index in [-0.39, 0.29) is 38.4 Å². The van der Waals surface area contributed by atoms with Crippen LogP contribution in [0.2, 0.25) is 0 Å². The van der Waals surface area contributed by atoms with Gasteiger partial charge in [0.15, 0.2) is 0 Å². The van der Waals surface area contributed by atoms with Crippen molar-refractivity contribution in [1.82, 2.24) is 4.90 Å². The zero-order chi connectivity index (χ0) is 24.4. The van der Waals surface area contributed by atoms with Gasteiger partial charge in [0.25, 0.3) is 6.10 Å². The lowest BCUT2D eigenvalue weighted by Gasteiger charge is -2.34. The Morgan fingerprint density at radius 2 is 1.58 bits per heavy atom. The van der Waals surface area contributed by atoms with Gasteiger partial charge in [0.1, 0.15) is 0 Å². The van der Waals surface area contributed by atoms with Crippen LogP contribution < -0.4 is 4.31 Å². The van der Waals surface area contributed by atoms with Crippen molar-refractivity contribution in [2.24, 2.45) is 5.92 Å². The standard InChI is InChI=1S/C20H20F6N2O4S/c21-19(22,23)17(20(24,25)26)32-18(29)27-9-7-13(8-10-27)12-28(33(30)31)16-6-5-14-3-1-2-4-15(14)11-16/h1-6,11,13,17,33H,7-10,12H2. The summed E-state index contributed by atoms with van der Waals surface area (Å²) in [5.41, 5.74) is 0.435. The van der Waals surface area contributed by atoms with E-state index in [1.807, 2.05) is 24.3 Å². The van der Waals surface area contributed by atoms with Gasteiger partial charge in [-0.05, 0) is 41.7 Å². The second kappa shape index (κ2) is 9.65. The summed E-state index contributed by atoms with van der Waals surface area (Å²) in [6.45, 7) is -0.256. The Hall–Kier alpha value is -2.70. The zero-order valence-electron chi connectivity index (χ0n) is 17.0. The Kier molecular flexibility index (Phi) is 7.29. The highest BCUT2D eigenvalue weighted by atomic mass is 32.2. The molecular formula is C20H20F6N2O4S. The van der Waals surface area contributed by atoms with Crippen LogP contribution >= 0.6 is 0 Å².